The minimum Gasteiger partial charge on any atom is -0.370 e. The molecule has 21 heavy (non-hydrogen) atoms. The molecule has 0 aromatic carbocycles. The Labute approximate surface area is 132 Å². The molecule has 3 rings (SSSR count). The SMILES string of the molecule is Clc1cc(NCCCNC2CCCCC2)nc(C2CC2)n1. The maximum Gasteiger partial charge on any atom is 0.135 e. The van der Waals surface area contributed by atoms with Gasteiger partial charge >= 0.3 is 0 Å². The van der Waals surface area contributed by atoms with E-state index in [0.29, 0.717) is 11.1 Å². The molecule has 0 bridgehead atoms. The van der Waals surface area contributed by atoms with Crippen LogP contribution in [0, 0.1) is 0 Å². The molecule has 2 fully saturated rings. The van der Waals surface area contributed by atoms with Gasteiger partial charge in [0.2, 0.25) is 0 Å². The van der Waals surface area contributed by atoms with E-state index in [1.165, 1.54) is 44.9 Å². The van der Waals surface area contributed by atoms with Crippen LogP contribution in [-0.4, -0.2) is 29.1 Å². The average Bonchev–Trinajstić information content (AvgIpc) is 3.32. The monoisotopic (exact) mass is 308 g/mol. The van der Waals surface area contributed by atoms with Crippen LogP contribution in [0.5, 0.6) is 0 Å². The summed E-state index contributed by atoms with van der Waals surface area (Å²) < 4.78 is 0. The molecule has 1 heterocycles. The molecule has 0 amide bonds. The summed E-state index contributed by atoms with van der Waals surface area (Å²) in [6.07, 6.45) is 10.4. The molecule has 2 saturated carbocycles. The molecule has 2 aliphatic carbocycles. The van der Waals surface area contributed by atoms with Crippen LogP contribution in [0.25, 0.3) is 0 Å². The number of rotatable bonds is 7. The van der Waals surface area contributed by atoms with Crippen LogP contribution in [0.4, 0.5) is 5.82 Å². The number of halogens is 1. The Hall–Kier alpha value is -0.870. The van der Waals surface area contributed by atoms with Gasteiger partial charge in [-0.25, -0.2) is 9.97 Å². The van der Waals surface area contributed by atoms with E-state index in [1.807, 2.05) is 6.07 Å². The highest BCUT2D eigenvalue weighted by molar-refractivity contribution is 6.29. The first-order chi connectivity index (χ1) is 10.3. The second-order valence-corrected chi connectivity index (χ2v) is 6.67. The molecule has 0 spiro atoms. The number of aromatic nitrogens is 2. The second kappa shape index (κ2) is 7.41. The van der Waals surface area contributed by atoms with Crippen LogP contribution >= 0.6 is 11.6 Å². The summed E-state index contributed by atoms with van der Waals surface area (Å²) in [6, 6.07) is 2.57. The fourth-order valence-corrected chi connectivity index (χ4v) is 3.16. The number of nitrogens with zero attached hydrogens (tertiary/aromatic N) is 2. The van der Waals surface area contributed by atoms with Crippen LogP contribution in [0.2, 0.25) is 5.15 Å². The molecule has 0 unspecified atom stereocenters. The van der Waals surface area contributed by atoms with Gasteiger partial charge in [0.1, 0.15) is 16.8 Å². The first kappa shape index (κ1) is 15.0. The first-order valence-electron chi connectivity index (χ1n) is 8.33. The second-order valence-electron chi connectivity index (χ2n) is 6.28. The molecular weight excluding hydrogens is 284 g/mol. The Morgan fingerprint density at radius 2 is 1.86 bits per heavy atom. The molecule has 1 aromatic rings. The lowest BCUT2D eigenvalue weighted by molar-refractivity contribution is 0.373. The van der Waals surface area contributed by atoms with Crippen molar-refractivity contribution in [3.05, 3.63) is 17.0 Å². The Balaban J connectivity index is 1.36. The topological polar surface area (TPSA) is 49.8 Å². The van der Waals surface area contributed by atoms with Gasteiger partial charge in [-0.15, -0.1) is 0 Å². The van der Waals surface area contributed by atoms with E-state index >= 15 is 0 Å². The maximum atomic E-state index is 6.06. The molecule has 2 N–H and O–H groups in total. The summed E-state index contributed by atoms with van der Waals surface area (Å²) in [5.41, 5.74) is 0. The molecule has 2 aliphatic rings. The summed E-state index contributed by atoms with van der Waals surface area (Å²) >= 11 is 6.06. The number of hydrogen-bond acceptors (Lipinski definition) is 4. The normalized spacial score (nSPS) is 19.7. The van der Waals surface area contributed by atoms with Crippen LogP contribution in [0.1, 0.15) is 63.1 Å². The van der Waals surface area contributed by atoms with Gasteiger partial charge in [-0.3, -0.25) is 0 Å². The van der Waals surface area contributed by atoms with Crippen molar-refractivity contribution in [2.45, 2.75) is 63.3 Å². The number of hydrogen-bond donors (Lipinski definition) is 2. The van der Waals surface area contributed by atoms with E-state index in [-0.39, 0.29) is 0 Å². The van der Waals surface area contributed by atoms with Crippen molar-refractivity contribution < 1.29 is 0 Å². The van der Waals surface area contributed by atoms with Crippen LogP contribution in [0.15, 0.2) is 6.07 Å². The van der Waals surface area contributed by atoms with E-state index in [2.05, 4.69) is 20.6 Å². The molecule has 0 atom stereocenters. The van der Waals surface area contributed by atoms with Crippen molar-refractivity contribution >= 4 is 17.4 Å². The Morgan fingerprint density at radius 3 is 2.62 bits per heavy atom. The summed E-state index contributed by atoms with van der Waals surface area (Å²) in [6.45, 7) is 2.00. The molecule has 0 radical (unpaired) electrons. The van der Waals surface area contributed by atoms with Gasteiger partial charge in [0, 0.05) is 24.6 Å². The predicted molar refractivity (Wildman–Crippen MR) is 87.0 cm³/mol. The number of anilines is 1. The standard InChI is InChI=1S/C16H25ClN4/c17-14-11-15(21-16(20-14)12-7-8-12)19-10-4-9-18-13-5-2-1-3-6-13/h11-13,18H,1-10H2,(H,19,20,21). The van der Waals surface area contributed by atoms with Gasteiger partial charge in [0.15, 0.2) is 0 Å². The van der Waals surface area contributed by atoms with Crippen LogP contribution in [-0.2, 0) is 0 Å². The van der Waals surface area contributed by atoms with Crippen molar-refractivity contribution in [1.82, 2.24) is 15.3 Å². The zero-order valence-corrected chi connectivity index (χ0v) is 13.3. The zero-order chi connectivity index (χ0) is 14.5. The highest BCUT2D eigenvalue weighted by atomic mass is 35.5. The lowest BCUT2D eigenvalue weighted by Crippen LogP contribution is -2.32. The largest absolute Gasteiger partial charge is 0.370 e. The zero-order valence-electron chi connectivity index (χ0n) is 12.6. The van der Waals surface area contributed by atoms with E-state index in [4.69, 9.17) is 11.6 Å². The molecular formula is C16H25ClN4. The average molecular weight is 309 g/mol. The third-order valence-corrected chi connectivity index (χ3v) is 4.55. The highest BCUT2D eigenvalue weighted by Crippen LogP contribution is 2.38. The quantitative estimate of drug-likeness (QED) is 0.595. The number of nitrogens with one attached hydrogen (secondary N) is 2. The predicted octanol–water partition coefficient (Wildman–Crippen LogP) is 3.73. The third kappa shape index (κ3) is 4.82. The van der Waals surface area contributed by atoms with E-state index in [1.54, 1.807) is 0 Å². The van der Waals surface area contributed by atoms with Crippen molar-refractivity contribution in [1.29, 1.82) is 0 Å². The van der Waals surface area contributed by atoms with Crippen LogP contribution in [0.3, 0.4) is 0 Å². The fourth-order valence-electron chi connectivity index (χ4n) is 2.97. The van der Waals surface area contributed by atoms with Gasteiger partial charge in [0.05, 0.1) is 0 Å². The van der Waals surface area contributed by atoms with Crippen molar-refractivity contribution in [2.24, 2.45) is 0 Å². The Kier molecular flexibility index (Phi) is 5.31. The minimum atomic E-state index is 0.539. The van der Waals surface area contributed by atoms with E-state index in [0.717, 1.165) is 37.2 Å². The minimum absolute atomic E-state index is 0.539. The molecule has 0 saturated heterocycles. The summed E-state index contributed by atoms with van der Waals surface area (Å²) in [7, 11) is 0. The van der Waals surface area contributed by atoms with Gasteiger partial charge in [-0.1, -0.05) is 30.9 Å². The van der Waals surface area contributed by atoms with Crippen molar-refractivity contribution in [3.8, 4) is 0 Å². The summed E-state index contributed by atoms with van der Waals surface area (Å²) in [4.78, 5) is 8.86. The third-order valence-electron chi connectivity index (χ3n) is 4.35. The van der Waals surface area contributed by atoms with Crippen LogP contribution < -0.4 is 10.6 Å². The lowest BCUT2D eigenvalue weighted by Gasteiger charge is -2.22. The lowest BCUT2D eigenvalue weighted by atomic mass is 9.95. The molecule has 1 aromatic heterocycles. The first-order valence-corrected chi connectivity index (χ1v) is 8.71. The van der Waals surface area contributed by atoms with Gasteiger partial charge in [0.25, 0.3) is 0 Å². The Morgan fingerprint density at radius 1 is 1.05 bits per heavy atom. The van der Waals surface area contributed by atoms with Gasteiger partial charge in [-0.05, 0) is 38.6 Å². The van der Waals surface area contributed by atoms with E-state index < -0.39 is 0 Å². The molecule has 5 heteroatoms. The summed E-state index contributed by atoms with van der Waals surface area (Å²) in [5.74, 6) is 2.32. The Bertz CT molecular complexity index is 456. The highest BCUT2D eigenvalue weighted by Gasteiger charge is 2.27. The van der Waals surface area contributed by atoms with Gasteiger partial charge < -0.3 is 10.6 Å². The fraction of sp³-hybridized carbons (Fsp3) is 0.750. The maximum absolute atomic E-state index is 6.06. The molecule has 4 nitrogen and oxygen atoms in total. The van der Waals surface area contributed by atoms with Crippen molar-refractivity contribution in [2.75, 3.05) is 18.4 Å². The smallest absolute Gasteiger partial charge is 0.135 e. The molecule has 116 valence electrons. The van der Waals surface area contributed by atoms with Gasteiger partial charge in [-0.2, -0.15) is 0 Å². The van der Waals surface area contributed by atoms with E-state index in [9.17, 15) is 0 Å². The summed E-state index contributed by atoms with van der Waals surface area (Å²) in [5, 5.41) is 7.58. The van der Waals surface area contributed by atoms with Crippen molar-refractivity contribution in [3.63, 3.8) is 0 Å². The molecule has 0 aliphatic heterocycles.